The van der Waals surface area contributed by atoms with Crippen LogP contribution in [0.25, 0.3) is 0 Å². The maximum absolute atomic E-state index is 10.2. The molecule has 0 aromatic rings. The molecule has 0 radical (unpaired) electrons. The van der Waals surface area contributed by atoms with E-state index >= 15 is 0 Å². The number of phosphoric acid groups is 1. The van der Waals surface area contributed by atoms with Crippen LogP contribution in [0, 0.1) is 0 Å². The fraction of sp³-hybridized carbons (Fsp3) is 0.250. The van der Waals surface area contributed by atoms with Crippen molar-refractivity contribution in [3.05, 3.63) is 12.7 Å². The van der Waals surface area contributed by atoms with Crippen LogP contribution in [0.1, 0.15) is 6.92 Å². The van der Waals surface area contributed by atoms with Crippen LogP contribution >= 0.6 is 7.82 Å². The van der Waals surface area contributed by atoms with Crippen molar-refractivity contribution in [2.75, 3.05) is 0 Å². The van der Waals surface area contributed by atoms with Crippen LogP contribution in [0.2, 0.25) is 0 Å². The molecule has 0 aliphatic rings. The van der Waals surface area contributed by atoms with Crippen LogP contribution in [0.5, 0.6) is 0 Å². The minimum absolute atomic E-state index is 1.75. The number of carboxylic acid groups (broad SMARTS) is 2. The second-order valence-electron chi connectivity index (χ2n) is 1.25. The summed E-state index contributed by atoms with van der Waals surface area (Å²) in [4.78, 5) is 23.2. The molecule has 0 spiro atoms. The predicted octanol–water partition coefficient (Wildman–Crippen LogP) is 1.39. The SMILES string of the molecule is C=CC.O=C(O)O.O=P(O)(O)OF. The van der Waals surface area contributed by atoms with Crippen molar-refractivity contribution in [2.24, 2.45) is 0 Å². The van der Waals surface area contributed by atoms with Gasteiger partial charge in [0.05, 0.1) is 0 Å². The Labute approximate surface area is 73.2 Å². The summed E-state index contributed by atoms with van der Waals surface area (Å²) in [5.41, 5.74) is 0. The lowest BCUT2D eigenvalue weighted by atomic mass is 10.8. The molecular weight excluding hydrogens is 210 g/mol. The van der Waals surface area contributed by atoms with Gasteiger partial charge in [-0.1, -0.05) is 10.8 Å². The Bertz CT molecular complexity index is 171. The maximum Gasteiger partial charge on any atom is 0.503 e. The van der Waals surface area contributed by atoms with Gasteiger partial charge in [0.2, 0.25) is 0 Å². The van der Waals surface area contributed by atoms with Gasteiger partial charge in [0.1, 0.15) is 0 Å². The largest absolute Gasteiger partial charge is 0.503 e. The lowest BCUT2D eigenvalue weighted by molar-refractivity contribution is -0.0389. The van der Waals surface area contributed by atoms with E-state index in [1.807, 2.05) is 6.92 Å². The molecule has 0 fully saturated rings. The molecule has 0 rings (SSSR count). The van der Waals surface area contributed by atoms with Crippen LogP contribution in [-0.4, -0.2) is 26.2 Å². The van der Waals surface area contributed by atoms with Crippen molar-refractivity contribution in [2.45, 2.75) is 6.92 Å². The zero-order valence-electron chi connectivity index (χ0n) is 6.62. The Kier molecular flexibility index (Phi) is 15.3. The maximum atomic E-state index is 10.2. The van der Waals surface area contributed by atoms with E-state index in [0.29, 0.717) is 0 Å². The predicted molar refractivity (Wildman–Crippen MR) is 40.8 cm³/mol. The zero-order valence-corrected chi connectivity index (χ0v) is 7.52. The number of allylic oxidation sites excluding steroid dienone is 1. The molecule has 4 N–H and O–H groups in total. The summed E-state index contributed by atoms with van der Waals surface area (Å²) in [6.45, 7) is 5.25. The fourth-order valence-corrected chi connectivity index (χ4v) is 0. The summed E-state index contributed by atoms with van der Waals surface area (Å²) in [5, 5.41) is 13.9. The van der Waals surface area contributed by atoms with Gasteiger partial charge in [-0.15, -0.1) is 6.58 Å². The van der Waals surface area contributed by atoms with Gasteiger partial charge >= 0.3 is 14.0 Å². The Hall–Kier alpha value is -0.950. The van der Waals surface area contributed by atoms with Gasteiger partial charge in [-0.2, -0.15) is 0 Å². The van der Waals surface area contributed by atoms with Crippen molar-refractivity contribution < 1.29 is 38.6 Å². The summed E-state index contributed by atoms with van der Waals surface area (Å²) in [6.07, 6.45) is -0.0833. The summed E-state index contributed by atoms with van der Waals surface area (Å²) >= 11 is 0. The summed E-state index contributed by atoms with van der Waals surface area (Å²) in [5.74, 6) is 0. The molecule has 0 aliphatic carbocycles. The van der Waals surface area contributed by atoms with E-state index in [2.05, 4.69) is 11.3 Å². The monoisotopic (exact) mass is 220 g/mol. The van der Waals surface area contributed by atoms with Crippen molar-refractivity contribution in [1.82, 2.24) is 0 Å². The van der Waals surface area contributed by atoms with E-state index in [9.17, 15) is 4.53 Å². The minimum Gasteiger partial charge on any atom is -0.450 e. The topological polar surface area (TPSA) is 124 Å². The van der Waals surface area contributed by atoms with E-state index in [-0.39, 0.29) is 0 Å². The smallest absolute Gasteiger partial charge is 0.450 e. The Morgan fingerprint density at radius 2 is 1.62 bits per heavy atom. The van der Waals surface area contributed by atoms with Gasteiger partial charge in [0.25, 0.3) is 0 Å². The van der Waals surface area contributed by atoms with E-state index in [1.54, 1.807) is 6.08 Å². The highest BCUT2D eigenvalue weighted by Crippen LogP contribution is 2.35. The normalized spacial score (nSPS) is 8.31. The minimum atomic E-state index is -4.81. The Balaban J connectivity index is -0.000000125. The molecule has 0 bridgehead atoms. The molecule has 0 heterocycles. The van der Waals surface area contributed by atoms with E-state index in [1.165, 1.54) is 0 Å². The first-order chi connectivity index (χ1) is 5.71. The third kappa shape index (κ3) is 215. The lowest BCUT2D eigenvalue weighted by Gasteiger charge is -1.87. The van der Waals surface area contributed by atoms with E-state index in [0.717, 1.165) is 0 Å². The van der Waals surface area contributed by atoms with Crippen molar-refractivity contribution in [3.8, 4) is 0 Å². The second-order valence-corrected chi connectivity index (χ2v) is 2.37. The Morgan fingerprint density at radius 3 is 1.62 bits per heavy atom. The number of halogens is 1. The summed E-state index contributed by atoms with van der Waals surface area (Å²) in [6, 6.07) is 0. The third-order valence-corrected chi connectivity index (χ3v) is 0.270. The van der Waals surface area contributed by atoms with Crippen LogP contribution in [-0.2, 0) is 9.29 Å². The molecule has 7 nitrogen and oxygen atoms in total. The molecular formula is C4H10FO7P. The average Bonchev–Trinajstić information content (AvgIpc) is 1.86. The first-order valence-corrected chi connectivity index (χ1v) is 4.09. The molecule has 13 heavy (non-hydrogen) atoms. The third-order valence-electron chi connectivity index (χ3n) is 0.0899. The molecule has 0 aliphatic heterocycles. The molecule has 80 valence electrons. The molecule has 0 aromatic heterocycles. The number of hydrogen-bond donors (Lipinski definition) is 4. The molecule has 0 saturated heterocycles. The standard InChI is InChI=1S/C3H6.CH2O3.FH2O4P/c1-3-2;2-1(3)4;1-5-6(2,3)4/h3H,1H2,2H3;(H2,2,3,4);(H2,2,3,4). The zero-order chi connectivity index (χ0) is 11.5. The van der Waals surface area contributed by atoms with Gasteiger partial charge in [-0.05, 0) is 11.4 Å². The molecule has 9 heteroatoms. The van der Waals surface area contributed by atoms with Crippen LogP contribution < -0.4 is 0 Å². The Morgan fingerprint density at radius 1 is 1.54 bits per heavy atom. The first-order valence-electron chi connectivity index (χ1n) is 2.56. The molecule has 0 atom stereocenters. The highest BCUT2D eigenvalue weighted by Gasteiger charge is 2.12. The highest BCUT2D eigenvalue weighted by atomic mass is 31.2. The average molecular weight is 220 g/mol. The summed E-state index contributed by atoms with van der Waals surface area (Å²) in [7, 11) is -4.81. The molecule has 0 aromatic carbocycles. The van der Waals surface area contributed by atoms with E-state index in [4.69, 9.17) is 29.4 Å². The molecule has 0 saturated carbocycles. The van der Waals surface area contributed by atoms with Gasteiger partial charge in [0, 0.05) is 0 Å². The van der Waals surface area contributed by atoms with Gasteiger partial charge in [0.15, 0.2) is 0 Å². The molecule has 0 unspecified atom stereocenters. The van der Waals surface area contributed by atoms with Crippen molar-refractivity contribution in [1.29, 1.82) is 0 Å². The van der Waals surface area contributed by atoms with Gasteiger partial charge in [-0.25, -0.2) is 9.36 Å². The van der Waals surface area contributed by atoms with Gasteiger partial charge in [-0.3, -0.25) is 0 Å². The highest BCUT2D eigenvalue weighted by molar-refractivity contribution is 7.46. The molecule has 0 amide bonds. The number of rotatable bonds is 1. The number of hydrogen-bond acceptors (Lipinski definition) is 3. The fourth-order valence-electron chi connectivity index (χ4n) is 0. The van der Waals surface area contributed by atoms with E-state index < -0.39 is 14.0 Å². The summed E-state index contributed by atoms with van der Waals surface area (Å²) < 4.78 is 21.4. The van der Waals surface area contributed by atoms with Crippen molar-refractivity contribution in [3.63, 3.8) is 0 Å². The second kappa shape index (κ2) is 11.1. The number of carbonyl (C=O) groups is 1. The van der Waals surface area contributed by atoms with Crippen LogP contribution in [0.3, 0.4) is 0 Å². The van der Waals surface area contributed by atoms with Crippen LogP contribution in [0.4, 0.5) is 9.32 Å². The van der Waals surface area contributed by atoms with Crippen LogP contribution in [0.15, 0.2) is 12.7 Å². The van der Waals surface area contributed by atoms with Crippen molar-refractivity contribution >= 4 is 14.0 Å². The quantitative estimate of drug-likeness (QED) is 0.388. The first kappa shape index (κ1) is 18.0. The van der Waals surface area contributed by atoms with Gasteiger partial charge < -0.3 is 20.0 Å². The lowest BCUT2D eigenvalue weighted by Crippen LogP contribution is -1.81.